The molecule has 8 heteroatoms. The quantitative estimate of drug-likeness (QED) is 0.237. The fourth-order valence-electron chi connectivity index (χ4n) is 3.79. The minimum absolute atomic E-state index is 0.178. The molecule has 35 heavy (non-hydrogen) atoms. The summed E-state index contributed by atoms with van der Waals surface area (Å²) in [7, 11) is 0. The molecule has 0 saturated carbocycles. The summed E-state index contributed by atoms with van der Waals surface area (Å²) in [6.45, 7) is 4.88. The molecule has 1 unspecified atom stereocenters. The molecule has 5 rings (SSSR count). The van der Waals surface area contributed by atoms with Crippen molar-refractivity contribution in [1.82, 2.24) is 20.3 Å². The van der Waals surface area contributed by atoms with Gasteiger partial charge >= 0.3 is 5.76 Å². The highest BCUT2D eigenvalue weighted by Crippen LogP contribution is 2.24. The van der Waals surface area contributed by atoms with E-state index in [4.69, 9.17) is 4.42 Å². The van der Waals surface area contributed by atoms with Gasteiger partial charge in [-0.05, 0) is 55.3 Å². The van der Waals surface area contributed by atoms with Crippen molar-refractivity contribution in [1.29, 1.82) is 0 Å². The Balaban J connectivity index is 1.29. The van der Waals surface area contributed by atoms with Gasteiger partial charge in [0.15, 0.2) is 5.58 Å². The molecule has 2 aromatic heterocycles. The van der Waals surface area contributed by atoms with E-state index in [-0.39, 0.29) is 6.04 Å². The van der Waals surface area contributed by atoms with Gasteiger partial charge in [0, 0.05) is 35.7 Å². The fraction of sp³-hybridized carbons (Fsp3) is 0.148. The van der Waals surface area contributed by atoms with Crippen molar-refractivity contribution < 1.29 is 4.42 Å². The summed E-state index contributed by atoms with van der Waals surface area (Å²) in [4.78, 5) is 23.2. The lowest BCUT2D eigenvalue weighted by atomic mass is 10.1. The number of hydrogen-bond acceptors (Lipinski definition) is 7. The van der Waals surface area contributed by atoms with Crippen LogP contribution in [-0.2, 0) is 6.54 Å². The van der Waals surface area contributed by atoms with Gasteiger partial charge in [-0.15, -0.1) is 0 Å². The van der Waals surface area contributed by atoms with Crippen LogP contribution < -0.4 is 21.7 Å². The second-order valence-corrected chi connectivity index (χ2v) is 8.41. The Labute approximate surface area is 202 Å². The Hall–Kier alpha value is -4.43. The van der Waals surface area contributed by atoms with Crippen LogP contribution in [-0.4, -0.2) is 15.0 Å². The van der Waals surface area contributed by atoms with Crippen LogP contribution in [0.2, 0.25) is 0 Å². The van der Waals surface area contributed by atoms with Gasteiger partial charge in [0.1, 0.15) is 5.82 Å². The topological polar surface area (TPSA) is 108 Å². The van der Waals surface area contributed by atoms with E-state index >= 15 is 0 Å². The number of fused-ring (bicyclic) bond motifs is 1. The highest BCUT2D eigenvalue weighted by molar-refractivity contribution is 5.78. The van der Waals surface area contributed by atoms with Gasteiger partial charge in [0.2, 0.25) is 5.95 Å². The van der Waals surface area contributed by atoms with E-state index in [9.17, 15) is 4.79 Å². The van der Waals surface area contributed by atoms with Crippen LogP contribution in [0.1, 0.15) is 29.7 Å². The van der Waals surface area contributed by atoms with Crippen LogP contribution in [0.25, 0.3) is 11.1 Å². The first-order valence-corrected chi connectivity index (χ1v) is 11.4. The lowest BCUT2D eigenvalue weighted by molar-refractivity contribution is 0.555. The van der Waals surface area contributed by atoms with E-state index in [0.29, 0.717) is 22.9 Å². The molecule has 0 bridgehead atoms. The maximum Gasteiger partial charge on any atom is 0.417 e. The molecular formula is C27H26N6O2. The molecule has 4 N–H and O–H groups in total. The average molecular weight is 467 g/mol. The molecule has 1 atom stereocenters. The molecule has 0 amide bonds. The molecule has 0 saturated heterocycles. The second-order valence-electron chi connectivity index (χ2n) is 8.41. The highest BCUT2D eigenvalue weighted by atomic mass is 16.4. The zero-order valence-corrected chi connectivity index (χ0v) is 19.5. The number of aryl methyl sites for hydroxylation is 1. The van der Waals surface area contributed by atoms with Crippen LogP contribution in [0.15, 0.2) is 88.2 Å². The minimum Gasteiger partial charge on any atom is -0.408 e. The van der Waals surface area contributed by atoms with Crippen molar-refractivity contribution in [3.63, 3.8) is 0 Å². The Morgan fingerprint density at radius 3 is 2.66 bits per heavy atom. The SMILES string of the molecule is Cc1cnc(Nc2cccc(C(C)NCc3ccccc3)c2)nc1Nc1ccc2oc(=O)[nH]c2c1. The van der Waals surface area contributed by atoms with E-state index in [1.807, 2.05) is 49.4 Å². The van der Waals surface area contributed by atoms with Crippen LogP contribution >= 0.6 is 0 Å². The maximum absolute atomic E-state index is 11.4. The number of benzene rings is 3. The number of oxazole rings is 1. The maximum atomic E-state index is 11.4. The summed E-state index contributed by atoms with van der Waals surface area (Å²) < 4.78 is 5.07. The van der Waals surface area contributed by atoms with E-state index in [1.54, 1.807) is 12.3 Å². The number of nitrogens with one attached hydrogen (secondary N) is 4. The molecule has 0 spiro atoms. The lowest BCUT2D eigenvalue weighted by Crippen LogP contribution is -2.18. The number of aromatic amines is 1. The minimum atomic E-state index is -0.478. The van der Waals surface area contributed by atoms with Crippen LogP contribution in [0, 0.1) is 6.92 Å². The lowest BCUT2D eigenvalue weighted by Gasteiger charge is -2.16. The molecular weight excluding hydrogens is 440 g/mol. The molecule has 0 aliphatic carbocycles. The number of H-pyrrole nitrogens is 1. The predicted molar refractivity (Wildman–Crippen MR) is 138 cm³/mol. The number of hydrogen-bond donors (Lipinski definition) is 4. The highest BCUT2D eigenvalue weighted by Gasteiger charge is 2.09. The Kier molecular flexibility index (Phi) is 6.28. The van der Waals surface area contributed by atoms with Gasteiger partial charge in [-0.25, -0.2) is 9.78 Å². The Bertz CT molecular complexity index is 1510. The molecule has 8 nitrogen and oxygen atoms in total. The molecule has 0 radical (unpaired) electrons. The van der Waals surface area contributed by atoms with E-state index in [2.05, 4.69) is 62.1 Å². The molecule has 0 fully saturated rings. The molecule has 0 aliphatic heterocycles. The van der Waals surface area contributed by atoms with E-state index in [0.717, 1.165) is 23.5 Å². The van der Waals surface area contributed by atoms with Crippen molar-refractivity contribution in [3.05, 3.63) is 106 Å². The average Bonchev–Trinajstić information content (AvgIpc) is 3.24. The van der Waals surface area contributed by atoms with Crippen molar-refractivity contribution in [2.45, 2.75) is 26.4 Å². The summed E-state index contributed by atoms with van der Waals surface area (Å²) in [5.74, 6) is 0.674. The predicted octanol–water partition coefficient (Wildman–Crippen LogP) is 5.56. The monoisotopic (exact) mass is 466 g/mol. The van der Waals surface area contributed by atoms with Gasteiger partial charge < -0.3 is 20.4 Å². The van der Waals surface area contributed by atoms with Crippen molar-refractivity contribution >= 4 is 34.2 Å². The third-order valence-electron chi connectivity index (χ3n) is 5.75. The van der Waals surface area contributed by atoms with Gasteiger partial charge in [0.05, 0.1) is 5.52 Å². The summed E-state index contributed by atoms with van der Waals surface area (Å²) in [6.07, 6.45) is 1.77. The summed E-state index contributed by atoms with van der Waals surface area (Å²) in [5.41, 5.74) is 6.12. The van der Waals surface area contributed by atoms with Gasteiger partial charge in [0.25, 0.3) is 0 Å². The molecule has 5 aromatic rings. The molecule has 0 aliphatic rings. The first-order chi connectivity index (χ1) is 17.0. The molecule has 2 heterocycles. The summed E-state index contributed by atoms with van der Waals surface area (Å²) in [6, 6.07) is 24.1. The Morgan fingerprint density at radius 2 is 1.80 bits per heavy atom. The molecule has 3 aromatic carbocycles. The van der Waals surface area contributed by atoms with Crippen LogP contribution in [0.4, 0.5) is 23.1 Å². The standard InChI is InChI=1S/C27H26N6O2/c1-17-15-29-26(33-25(17)30-22-11-12-24-23(14-22)32-27(34)35-24)31-21-10-6-9-20(13-21)18(2)28-16-19-7-4-3-5-8-19/h3-15,18,28H,16H2,1-2H3,(H,32,34)(H2,29,30,31,33). The van der Waals surface area contributed by atoms with Crippen LogP contribution in [0.5, 0.6) is 0 Å². The largest absolute Gasteiger partial charge is 0.417 e. The van der Waals surface area contributed by atoms with Crippen molar-refractivity contribution in [2.75, 3.05) is 10.6 Å². The fourth-order valence-corrected chi connectivity index (χ4v) is 3.79. The van der Waals surface area contributed by atoms with Crippen molar-refractivity contribution in [2.24, 2.45) is 0 Å². The zero-order valence-electron chi connectivity index (χ0n) is 19.5. The number of anilines is 4. The third kappa shape index (κ3) is 5.39. The Morgan fingerprint density at radius 1 is 0.971 bits per heavy atom. The first kappa shape index (κ1) is 22.4. The first-order valence-electron chi connectivity index (χ1n) is 11.4. The number of nitrogens with zero attached hydrogens (tertiary/aromatic N) is 2. The van der Waals surface area contributed by atoms with E-state index < -0.39 is 5.76 Å². The zero-order chi connectivity index (χ0) is 24.2. The second kappa shape index (κ2) is 9.82. The normalized spacial score (nSPS) is 11.9. The van der Waals surface area contributed by atoms with Gasteiger partial charge in [-0.1, -0.05) is 42.5 Å². The van der Waals surface area contributed by atoms with Crippen LogP contribution in [0.3, 0.4) is 0 Å². The third-order valence-corrected chi connectivity index (χ3v) is 5.75. The summed E-state index contributed by atoms with van der Waals surface area (Å²) in [5, 5.41) is 10.2. The number of rotatable bonds is 8. The summed E-state index contributed by atoms with van der Waals surface area (Å²) >= 11 is 0. The number of aromatic nitrogens is 3. The smallest absolute Gasteiger partial charge is 0.408 e. The van der Waals surface area contributed by atoms with Crippen molar-refractivity contribution in [3.8, 4) is 0 Å². The van der Waals surface area contributed by atoms with Gasteiger partial charge in [-0.3, -0.25) is 4.98 Å². The van der Waals surface area contributed by atoms with E-state index in [1.165, 1.54) is 11.1 Å². The van der Waals surface area contributed by atoms with Gasteiger partial charge in [-0.2, -0.15) is 4.98 Å². The molecule has 176 valence electrons.